The summed E-state index contributed by atoms with van der Waals surface area (Å²) in [5.74, 6) is 0.505. The quantitative estimate of drug-likeness (QED) is 0.523. The summed E-state index contributed by atoms with van der Waals surface area (Å²) in [6, 6.07) is 3.82. The molecular formula is C19H20B3N7O3. The third-order valence-corrected chi connectivity index (χ3v) is 5.17. The monoisotopic (exact) mass is 427 g/mol. The van der Waals surface area contributed by atoms with Crippen LogP contribution in [-0.4, -0.2) is 80.4 Å². The van der Waals surface area contributed by atoms with Gasteiger partial charge in [-0.15, -0.1) is 5.10 Å². The molecule has 10 nitrogen and oxygen atoms in total. The van der Waals surface area contributed by atoms with Crippen LogP contribution in [0.5, 0.6) is 5.88 Å². The molecular weight excluding hydrogens is 407 g/mol. The van der Waals surface area contributed by atoms with E-state index in [0.29, 0.717) is 30.2 Å². The Labute approximate surface area is 189 Å². The number of ether oxygens (including phenoxy) is 3. The van der Waals surface area contributed by atoms with Crippen molar-refractivity contribution < 1.29 is 14.2 Å². The molecule has 1 aliphatic rings. The van der Waals surface area contributed by atoms with Crippen LogP contribution in [0.3, 0.4) is 0 Å². The predicted molar refractivity (Wildman–Crippen MR) is 119 cm³/mol. The highest BCUT2D eigenvalue weighted by atomic mass is 16.6. The van der Waals surface area contributed by atoms with Gasteiger partial charge in [0.1, 0.15) is 29.2 Å². The number of nitrogens with zero attached hydrogens (tertiary/aromatic N) is 6. The van der Waals surface area contributed by atoms with Crippen molar-refractivity contribution >= 4 is 46.2 Å². The van der Waals surface area contributed by atoms with Crippen LogP contribution in [0.4, 0.5) is 11.6 Å². The number of aromatic nitrogens is 5. The molecule has 0 aliphatic carbocycles. The fraction of sp³-hybridized carbons (Fsp3) is 0.474. The Morgan fingerprint density at radius 2 is 2.22 bits per heavy atom. The lowest BCUT2D eigenvalue weighted by Gasteiger charge is -2.33. The second kappa shape index (κ2) is 8.52. The van der Waals surface area contributed by atoms with Gasteiger partial charge >= 0.3 is 0 Å². The Bertz CT molecular complexity index is 1170. The number of nitrogens with one attached hydrogen (secondary N) is 1. The average molecular weight is 427 g/mol. The largest absolute Gasteiger partial charge is 0.467 e. The van der Waals surface area contributed by atoms with E-state index < -0.39 is 5.24 Å². The standard InChI is InChI=1S/C19H20B3N7O3/c1-10(8-30-3)29-13(5-23)4-12-6-24-18(26-16(12)29)25-14-7-28(19(20,21)22)27-17(14)32-15-9-31-11(15)2/h4,6-7,10-11,15H,8-9H2,1-3H3,(H,24,25,26)/t10-,11+,15?/m0/s1. The SMILES string of the molecule is [B]C([B])([B])n1cc(Nc2ncc3cc(C#N)n([C@@H](C)COC)c3n2)c(OC2CO[C@@H]2C)n1. The Kier molecular flexibility index (Phi) is 5.92. The average Bonchev–Trinajstić information content (AvgIpc) is 3.31. The molecule has 4 heterocycles. The number of methoxy groups -OCH3 is 1. The van der Waals surface area contributed by atoms with Crippen molar-refractivity contribution in [2.75, 3.05) is 25.6 Å². The zero-order chi connectivity index (χ0) is 23.0. The first-order chi connectivity index (χ1) is 15.2. The molecule has 1 fully saturated rings. The first-order valence-electron chi connectivity index (χ1n) is 10.00. The highest BCUT2D eigenvalue weighted by Gasteiger charge is 2.32. The van der Waals surface area contributed by atoms with Crippen LogP contribution in [-0.2, 0) is 14.7 Å². The number of hydrogen-bond donors (Lipinski definition) is 1. The lowest BCUT2D eigenvalue weighted by atomic mass is 9.49. The number of anilines is 2. The Hall–Kier alpha value is -2.97. The summed E-state index contributed by atoms with van der Waals surface area (Å²) >= 11 is 0. The van der Waals surface area contributed by atoms with Gasteiger partial charge in [-0.3, -0.25) is 4.68 Å². The van der Waals surface area contributed by atoms with Crippen LogP contribution < -0.4 is 10.1 Å². The van der Waals surface area contributed by atoms with Crippen molar-refractivity contribution in [3.05, 3.63) is 24.2 Å². The van der Waals surface area contributed by atoms with Crippen molar-refractivity contribution in [2.45, 2.75) is 37.3 Å². The number of rotatable bonds is 8. The van der Waals surface area contributed by atoms with Gasteiger partial charge < -0.3 is 24.1 Å². The Morgan fingerprint density at radius 1 is 1.44 bits per heavy atom. The molecule has 0 aromatic carbocycles. The topological polar surface area (TPSA) is 112 Å². The second-order valence-electron chi connectivity index (χ2n) is 7.79. The zero-order valence-corrected chi connectivity index (χ0v) is 18.0. The van der Waals surface area contributed by atoms with Crippen LogP contribution in [0.1, 0.15) is 25.6 Å². The van der Waals surface area contributed by atoms with Crippen molar-refractivity contribution in [1.29, 1.82) is 5.26 Å². The molecule has 4 rings (SSSR count). The minimum atomic E-state index is -1.73. The summed E-state index contributed by atoms with van der Waals surface area (Å²) in [5, 5.41) is 15.9. The Balaban J connectivity index is 1.70. The van der Waals surface area contributed by atoms with Gasteiger partial charge in [-0.2, -0.15) is 10.2 Å². The third kappa shape index (κ3) is 4.20. The van der Waals surface area contributed by atoms with Gasteiger partial charge in [0.2, 0.25) is 5.95 Å². The van der Waals surface area contributed by atoms with Crippen molar-refractivity contribution in [3.8, 4) is 11.9 Å². The molecule has 13 heteroatoms. The summed E-state index contributed by atoms with van der Waals surface area (Å²) in [5.41, 5.74) is 1.48. The minimum absolute atomic E-state index is 0.0751. The van der Waals surface area contributed by atoms with Gasteiger partial charge in [0.25, 0.3) is 5.88 Å². The molecule has 3 aromatic heterocycles. The molecule has 1 saturated heterocycles. The van der Waals surface area contributed by atoms with Crippen molar-refractivity contribution in [2.24, 2.45) is 0 Å². The molecule has 0 saturated carbocycles. The van der Waals surface area contributed by atoms with Crippen LogP contribution in [0.15, 0.2) is 18.5 Å². The molecule has 0 bridgehead atoms. The summed E-state index contributed by atoms with van der Waals surface area (Å²) in [7, 11) is 19.0. The highest BCUT2D eigenvalue weighted by Crippen LogP contribution is 2.31. The molecule has 1 aliphatic heterocycles. The molecule has 0 amide bonds. The van der Waals surface area contributed by atoms with E-state index in [-0.39, 0.29) is 30.1 Å². The van der Waals surface area contributed by atoms with Gasteiger partial charge in [-0.25, -0.2) is 4.98 Å². The maximum atomic E-state index is 9.54. The van der Waals surface area contributed by atoms with Crippen molar-refractivity contribution in [1.82, 2.24) is 24.3 Å². The van der Waals surface area contributed by atoms with Crippen LogP contribution in [0, 0.1) is 11.3 Å². The van der Waals surface area contributed by atoms with E-state index >= 15 is 0 Å². The molecule has 1 unspecified atom stereocenters. The smallest absolute Gasteiger partial charge is 0.257 e. The van der Waals surface area contributed by atoms with Gasteiger partial charge in [0.15, 0.2) is 0 Å². The summed E-state index contributed by atoms with van der Waals surface area (Å²) in [6.45, 7) is 4.71. The maximum absolute atomic E-state index is 9.54. The summed E-state index contributed by atoms with van der Waals surface area (Å²) < 4.78 is 19.5. The lowest BCUT2D eigenvalue weighted by Crippen LogP contribution is -2.47. The molecule has 3 atom stereocenters. The van der Waals surface area contributed by atoms with E-state index in [0.717, 1.165) is 5.39 Å². The van der Waals surface area contributed by atoms with E-state index in [1.165, 1.54) is 10.9 Å². The Morgan fingerprint density at radius 3 is 2.81 bits per heavy atom. The molecule has 0 spiro atoms. The highest BCUT2D eigenvalue weighted by molar-refractivity contribution is 6.56. The predicted octanol–water partition coefficient (Wildman–Crippen LogP) is 0.690. The van der Waals surface area contributed by atoms with Crippen LogP contribution >= 0.6 is 0 Å². The fourth-order valence-corrected chi connectivity index (χ4v) is 3.41. The molecule has 3 aromatic rings. The second-order valence-corrected chi connectivity index (χ2v) is 7.79. The third-order valence-electron chi connectivity index (χ3n) is 5.17. The van der Waals surface area contributed by atoms with Gasteiger partial charge in [0.05, 0.1) is 55.1 Å². The molecule has 32 heavy (non-hydrogen) atoms. The maximum Gasteiger partial charge on any atom is 0.257 e. The van der Waals surface area contributed by atoms with Gasteiger partial charge in [0, 0.05) is 18.7 Å². The summed E-state index contributed by atoms with van der Waals surface area (Å²) in [6.07, 6.45) is 2.90. The summed E-state index contributed by atoms with van der Waals surface area (Å²) in [4.78, 5) is 8.96. The first kappa shape index (κ1) is 22.2. The zero-order valence-electron chi connectivity index (χ0n) is 18.0. The van der Waals surface area contributed by atoms with E-state index in [1.807, 2.05) is 18.4 Å². The van der Waals surface area contributed by atoms with E-state index in [4.69, 9.17) is 37.7 Å². The fourth-order valence-electron chi connectivity index (χ4n) is 3.41. The molecule has 1 N–H and O–H groups in total. The normalized spacial score (nSPS) is 19.3. The number of nitriles is 1. The van der Waals surface area contributed by atoms with Gasteiger partial charge in [-0.1, -0.05) is 0 Å². The van der Waals surface area contributed by atoms with E-state index in [2.05, 4.69) is 26.5 Å². The first-order valence-corrected chi connectivity index (χ1v) is 10.00. The molecule has 158 valence electrons. The van der Waals surface area contributed by atoms with E-state index in [9.17, 15) is 5.26 Å². The molecule has 6 radical (unpaired) electrons. The van der Waals surface area contributed by atoms with Crippen LogP contribution in [0.2, 0.25) is 0 Å². The van der Waals surface area contributed by atoms with E-state index in [1.54, 1.807) is 19.4 Å². The van der Waals surface area contributed by atoms with Crippen molar-refractivity contribution in [3.63, 3.8) is 0 Å². The van der Waals surface area contributed by atoms with Crippen LogP contribution in [0.25, 0.3) is 11.0 Å². The number of fused-ring (bicyclic) bond motifs is 1. The number of hydrogen-bond acceptors (Lipinski definition) is 8. The minimum Gasteiger partial charge on any atom is -0.467 e. The van der Waals surface area contributed by atoms with Gasteiger partial charge in [-0.05, 0) is 25.2 Å². The lowest BCUT2D eigenvalue weighted by molar-refractivity contribution is -0.140.